The van der Waals surface area contributed by atoms with Crippen LogP contribution in [0.4, 0.5) is 0 Å². The molecule has 1 aromatic heterocycles. The molecule has 0 fully saturated rings. The van der Waals surface area contributed by atoms with E-state index in [2.05, 4.69) is 18.3 Å². The Kier molecular flexibility index (Phi) is 5.28. The fourth-order valence-electron chi connectivity index (χ4n) is 2.20. The number of furan rings is 1. The second-order valence-corrected chi connectivity index (χ2v) is 4.95. The van der Waals surface area contributed by atoms with E-state index in [1.165, 1.54) is 5.56 Å². The van der Waals surface area contributed by atoms with Crippen LogP contribution in [0.3, 0.4) is 0 Å². The average molecular weight is 289 g/mol. The van der Waals surface area contributed by atoms with Gasteiger partial charge < -0.3 is 19.2 Å². The minimum atomic E-state index is 0.473. The molecule has 4 nitrogen and oxygen atoms in total. The summed E-state index contributed by atoms with van der Waals surface area (Å²) < 4.78 is 16.9. The zero-order valence-electron chi connectivity index (χ0n) is 13.2. The van der Waals surface area contributed by atoms with E-state index in [4.69, 9.17) is 13.9 Å². The highest BCUT2D eigenvalue weighted by atomic mass is 16.5. The second kappa shape index (κ2) is 7.18. The Hall–Kier alpha value is -1.94. The third-order valence-corrected chi connectivity index (χ3v) is 3.44. The Morgan fingerprint density at radius 3 is 2.67 bits per heavy atom. The minimum Gasteiger partial charge on any atom is -0.493 e. The first-order chi connectivity index (χ1) is 10.2. The number of ether oxygens (including phenoxy) is 2. The van der Waals surface area contributed by atoms with Crippen molar-refractivity contribution in [3.63, 3.8) is 0 Å². The van der Waals surface area contributed by atoms with E-state index >= 15 is 0 Å². The fourth-order valence-corrected chi connectivity index (χ4v) is 2.20. The van der Waals surface area contributed by atoms with Crippen molar-refractivity contribution in [1.82, 2.24) is 5.32 Å². The molecule has 0 unspecified atom stereocenters. The van der Waals surface area contributed by atoms with Gasteiger partial charge in [-0.1, -0.05) is 13.0 Å². The largest absolute Gasteiger partial charge is 0.493 e. The van der Waals surface area contributed by atoms with Crippen LogP contribution in [0.25, 0.3) is 0 Å². The third kappa shape index (κ3) is 3.79. The molecular weight excluding hydrogens is 266 g/mol. The predicted molar refractivity (Wildman–Crippen MR) is 82.9 cm³/mol. The van der Waals surface area contributed by atoms with E-state index in [1.807, 2.05) is 32.2 Å². The molecule has 1 aromatic carbocycles. The summed E-state index contributed by atoms with van der Waals surface area (Å²) in [6.07, 6.45) is 0.977. The van der Waals surface area contributed by atoms with Crippen LogP contribution in [0.5, 0.6) is 11.5 Å². The summed E-state index contributed by atoms with van der Waals surface area (Å²) in [6.45, 7) is 5.26. The monoisotopic (exact) mass is 289 g/mol. The first kappa shape index (κ1) is 15.4. The van der Waals surface area contributed by atoms with E-state index in [0.29, 0.717) is 6.61 Å². The van der Waals surface area contributed by atoms with E-state index in [0.717, 1.165) is 41.5 Å². The van der Waals surface area contributed by atoms with Gasteiger partial charge in [0, 0.05) is 5.56 Å². The van der Waals surface area contributed by atoms with Crippen LogP contribution in [0, 0.1) is 6.92 Å². The van der Waals surface area contributed by atoms with Gasteiger partial charge in [-0.15, -0.1) is 0 Å². The van der Waals surface area contributed by atoms with E-state index in [9.17, 15) is 0 Å². The normalized spacial score (nSPS) is 10.7. The summed E-state index contributed by atoms with van der Waals surface area (Å²) in [5.41, 5.74) is 2.29. The maximum Gasteiger partial charge on any atom is 0.161 e. The van der Waals surface area contributed by atoms with E-state index < -0.39 is 0 Å². The quantitative estimate of drug-likeness (QED) is 0.847. The maximum atomic E-state index is 5.88. The number of methoxy groups -OCH3 is 1. The van der Waals surface area contributed by atoms with E-state index in [-0.39, 0.29) is 0 Å². The van der Waals surface area contributed by atoms with Crippen molar-refractivity contribution in [2.24, 2.45) is 0 Å². The molecule has 114 valence electrons. The SMILES string of the molecule is CCc1ccc(OCc2cc(CNC)oc2C)c(OC)c1. The predicted octanol–water partition coefficient (Wildman–Crippen LogP) is 3.46. The van der Waals surface area contributed by atoms with Crippen LogP contribution in [-0.4, -0.2) is 14.2 Å². The molecular formula is C17H23NO3. The van der Waals surface area contributed by atoms with E-state index in [1.54, 1.807) is 7.11 Å². The Bertz CT molecular complexity index is 590. The van der Waals surface area contributed by atoms with Gasteiger partial charge in [0.05, 0.1) is 13.7 Å². The van der Waals surface area contributed by atoms with Gasteiger partial charge in [0.25, 0.3) is 0 Å². The number of nitrogens with one attached hydrogen (secondary N) is 1. The van der Waals surface area contributed by atoms with Crippen LogP contribution >= 0.6 is 0 Å². The van der Waals surface area contributed by atoms with Gasteiger partial charge in [0.15, 0.2) is 11.5 Å². The fraction of sp³-hybridized carbons (Fsp3) is 0.412. The summed E-state index contributed by atoms with van der Waals surface area (Å²) in [5.74, 6) is 3.34. The lowest BCUT2D eigenvalue weighted by molar-refractivity contribution is 0.282. The van der Waals surface area contributed by atoms with Gasteiger partial charge >= 0.3 is 0 Å². The summed E-state index contributed by atoms with van der Waals surface area (Å²) in [6, 6.07) is 8.07. The van der Waals surface area contributed by atoms with Crippen molar-refractivity contribution in [3.8, 4) is 11.5 Å². The number of benzene rings is 1. The molecule has 1 N–H and O–H groups in total. The lowest BCUT2D eigenvalue weighted by Gasteiger charge is -2.11. The third-order valence-electron chi connectivity index (χ3n) is 3.44. The molecule has 21 heavy (non-hydrogen) atoms. The number of hydrogen-bond donors (Lipinski definition) is 1. The number of rotatable bonds is 7. The molecule has 1 heterocycles. The zero-order valence-corrected chi connectivity index (χ0v) is 13.2. The van der Waals surface area contributed by atoms with Gasteiger partial charge in [0.2, 0.25) is 0 Å². The van der Waals surface area contributed by atoms with Crippen LogP contribution in [-0.2, 0) is 19.6 Å². The lowest BCUT2D eigenvalue weighted by atomic mass is 10.1. The van der Waals surface area contributed by atoms with Crippen molar-refractivity contribution < 1.29 is 13.9 Å². The summed E-state index contributed by atoms with van der Waals surface area (Å²) in [7, 11) is 3.56. The Morgan fingerprint density at radius 1 is 1.19 bits per heavy atom. The van der Waals surface area contributed by atoms with Crippen molar-refractivity contribution in [2.45, 2.75) is 33.4 Å². The number of aryl methyl sites for hydroxylation is 2. The smallest absolute Gasteiger partial charge is 0.161 e. The Balaban J connectivity index is 2.09. The van der Waals surface area contributed by atoms with Gasteiger partial charge in [-0.2, -0.15) is 0 Å². The molecule has 0 bridgehead atoms. The summed E-state index contributed by atoms with van der Waals surface area (Å²) >= 11 is 0. The van der Waals surface area contributed by atoms with Gasteiger partial charge in [0.1, 0.15) is 18.1 Å². The second-order valence-electron chi connectivity index (χ2n) is 4.95. The lowest BCUT2D eigenvalue weighted by Crippen LogP contribution is -2.03. The zero-order chi connectivity index (χ0) is 15.2. The Labute approximate surface area is 126 Å². The van der Waals surface area contributed by atoms with Gasteiger partial charge in [-0.05, 0) is 44.2 Å². The molecule has 2 rings (SSSR count). The van der Waals surface area contributed by atoms with Crippen molar-refractivity contribution in [3.05, 3.63) is 46.9 Å². The first-order valence-corrected chi connectivity index (χ1v) is 7.20. The molecule has 2 aromatic rings. The van der Waals surface area contributed by atoms with Crippen LogP contribution in [0.2, 0.25) is 0 Å². The van der Waals surface area contributed by atoms with Crippen molar-refractivity contribution in [2.75, 3.05) is 14.2 Å². The van der Waals surface area contributed by atoms with Crippen molar-refractivity contribution in [1.29, 1.82) is 0 Å². The number of hydrogen-bond acceptors (Lipinski definition) is 4. The van der Waals surface area contributed by atoms with Crippen LogP contribution < -0.4 is 14.8 Å². The molecule has 0 spiro atoms. The first-order valence-electron chi connectivity index (χ1n) is 7.20. The highest BCUT2D eigenvalue weighted by Gasteiger charge is 2.10. The molecule has 0 aliphatic heterocycles. The van der Waals surface area contributed by atoms with Crippen LogP contribution in [0.15, 0.2) is 28.7 Å². The minimum absolute atomic E-state index is 0.473. The Morgan fingerprint density at radius 2 is 2.00 bits per heavy atom. The molecule has 0 atom stereocenters. The molecule has 0 saturated carbocycles. The highest BCUT2D eigenvalue weighted by molar-refractivity contribution is 5.43. The standard InChI is InChI=1S/C17H23NO3/c1-5-13-6-7-16(17(8-13)19-4)20-11-14-9-15(10-18-3)21-12(14)2/h6-9,18H,5,10-11H2,1-4H3. The highest BCUT2D eigenvalue weighted by Crippen LogP contribution is 2.29. The summed E-state index contributed by atoms with van der Waals surface area (Å²) in [4.78, 5) is 0. The molecule has 0 aliphatic carbocycles. The molecule has 0 aliphatic rings. The molecule has 4 heteroatoms. The molecule has 0 radical (unpaired) electrons. The van der Waals surface area contributed by atoms with Gasteiger partial charge in [-0.3, -0.25) is 0 Å². The summed E-state index contributed by atoms with van der Waals surface area (Å²) in [5, 5.41) is 3.07. The van der Waals surface area contributed by atoms with Crippen molar-refractivity contribution >= 4 is 0 Å². The van der Waals surface area contributed by atoms with Crippen LogP contribution in [0.1, 0.15) is 29.6 Å². The van der Waals surface area contributed by atoms with Gasteiger partial charge in [-0.25, -0.2) is 0 Å². The molecule has 0 amide bonds. The average Bonchev–Trinajstić information content (AvgIpc) is 2.85. The molecule has 0 saturated heterocycles. The topological polar surface area (TPSA) is 43.6 Å². The maximum absolute atomic E-state index is 5.88.